The van der Waals surface area contributed by atoms with Crippen LogP contribution in [-0.4, -0.2) is 49.9 Å². The highest BCUT2D eigenvalue weighted by molar-refractivity contribution is 9.11. The molecule has 1 heterocycles. The Morgan fingerprint density at radius 1 is 1.36 bits per heavy atom. The van der Waals surface area contributed by atoms with Crippen molar-refractivity contribution in [2.45, 2.75) is 39.3 Å². The number of hydrogen-bond acceptors (Lipinski definition) is 3. The first-order valence-electron chi connectivity index (χ1n) is 8.21. The van der Waals surface area contributed by atoms with E-state index in [2.05, 4.69) is 44.4 Å². The van der Waals surface area contributed by atoms with Crippen LogP contribution in [-0.2, 0) is 4.74 Å². The minimum Gasteiger partial charge on any atom is -0.481 e. The maximum atomic E-state index is 12.5. The molecule has 1 saturated heterocycles. The number of piperidine rings is 1. The number of ether oxygens (including phenoxy) is 1. The van der Waals surface area contributed by atoms with Crippen molar-refractivity contribution < 1.29 is 17.9 Å². The number of aliphatic imine (C=N–C) groups is 2. The molecular weight excluding hydrogens is 399 g/mol. The van der Waals surface area contributed by atoms with E-state index in [0.29, 0.717) is 18.0 Å². The van der Waals surface area contributed by atoms with E-state index >= 15 is 0 Å². The van der Waals surface area contributed by atoms with Crippen molar-refractivity contribution in [1.29, 1.82) is 0 Å². The van der Waals surface area contributed by atoms with Crippen LogP contribution < -0.4 is 0 Å². The van der Waals surface area contributed by atoms with Gasteiger partial charge < -0.3 is 9.64 Å². The van der Waals surface area contributed by atoms with Gasteiger partial charge in [0.05, 0.1) is 10.2 Å². The van der Waals surface area contributed by atoms with E-state index < -0.39 is 12.8 Å². The molecular formula is C17H25BrF3N3O. The lowest BCUT2D eigenvalue weighted by Crippen LogP contribution is -2.33. The van der Waals surface area contributed by atoms with Crippen molar-refractivity contribution in [1.82, 2.24) is 4.90 Å². The largest absolute Gasteiger partial charge is 0.481 e. The molecule has 0 amide bonds. The van der Waals surface area contributed by atoms with Gasteiger partial charge >= 0.3 is 6.18 Å². The van der Waals surface area contributed by atoms with Crippen LogP contribution >= 0.6 is 15.9 Å². The van der Waals surface area contributed by atoms with Crippen LogP contribution in [0.1, 0.15) is 33.1 Å². The second kappa shape index (κ2) is 10.1. The smallest absolute Gasteiger partial charge is 0.422 e. The summed E-state index contributed by atoms with van der Waals surface area (Å²) in [6.07, 6.45) is -0.527. The summed E-state index contributed by atoms with van der Waals surface area (Å²) < 4.78 is 42.7. The average Bonchev–Trinajstić information content (AvgIpc) is 2.52. The lowest BCUT2D eigenvalue weighted by molar-refractivity contribution is -0.164. The van der Waals surface area contributed by atoms with E-state index in [0.717, 1.165) is 25.9 Å². The topological polar surface area (TPSA) is 37.2 Å². The molecule has 0 bridgehead atoms. The Morgan fingerprint density at radius 3 is 2.40 bits per heavy atom. The highest BCUT2D eigenvalue weighted by atomic mass is 79.9. The van der Waals surface area contributed by atoms with Crippen molar-refractivity contribution >= 4 is 28.0 Å². The van der Waals surface area contributed by atoms with E-state index in [4.69, 9.17) is 4.74 Å². The first-order valence-corrected chi connectivity index (χ1v) is 9.00. The fourth-order valence-corrected chi connectivity index (χ4v) is 2.87. The molecule has 0 N–H and O–H groups in total. The summed E-state index contributed by atoms with van der Waals surface area (Å²) in [7, 11) is 2.06. The van der Waals surface area contributed by atoms with E-state index in [9.17, 15) is 13.2 Å². The fraction of sp³-hybridized carbons (Fsp3) is 0.647. The summed E-state index contributed by atoms with van der Waals surface area (Å²) >= 11 is 3.12. The van der Waals surface area contributed by atoms with Crippen LogP contribution in [0.15, 0.2) is 32.5 Å². The molecule has 0 saturated carbocycles. The molecule has 0 aromatic carbocycles. The van der Waals surface area contributed by atoms with E-state index in [1.807, 2.05) is 6.92 Å². The molecule has 0 aliphatic carbocycles. The molecule has 0 aromatic heterocycles. The predicted molar refractivity (Wildman–Crippen MR) is 99.2 cm³/mol. The molecule has 0 unspecified atom stereocenters. The minimum atomic E-state index is -4.42. The highest BCUT2D eigenvalue weighted by Gasteiger charge is 2.30. The number of alkyl halides is 3. The molecule has 1 rings (SSSR count). The summed E-state index contributed by atoms with van der Waals surface area (Å²) in [6, 6.07) is 0. The molecule has 142 valence electrons. The first-order chi connectivity index (χ1) is 11.7. The predicted octanol–water partition coefficient (Wildman–Crippen LogP) is 4.93. The third kappa shape index (κ3) is 7.73. The van der Waals surface area contributed by atoms with Crippen LogP contribution in [0.2, 0.25) is 0 Å². The van der Waals surface area contributed by atoms with E-state index in [1.165, 1.54) is 0 Å². The van der Waals surface area contributed by atoms with Crippen LogP contribution in [0.3, 0.4) is 0 Å². The zero-order valence-corrected chi connectivity index (χ0v) is 16.5. The molecule has 0 radical (unpaired) electrons. The van der Waals surface area contributed by atoms with Crippen molar-refractivity contribution in [3.63, 3.8) is 0 Å². The van der Waals surface area contributed by atoms with Gasteiger partial charge in [0.2, 0.25) is 0 Å². The third-order valence-electron chi connectivity index (χ3n) is 3.82. The van der Waals surface area contributed by atoms with Gasteiger partial charge in [0, 0.05) is 12.1 Å². The van der Waals surface area contributed by atoms with Gasteiger partial charge in [-0.25, -0.2) is 9.98 Å². The number of allylic oxidation sites excluding steroid dienone is 2. The van der Waals surface area contributed by atoms with E-state index in [-0.39, 0.29) is 16.2 Å². The quantitative estimate of drug-likeness (QED) is 0.263. The molecule has 25 heavy (non-hydrogen) atoms. The van der Waals surface area contributed by atoms with Crippen molar-refractivity contribution in [2.24, 2.45) is 15.9 Å². The molecule has 8 heteroatoms. The number of halogens is 4. The van der Waals surface area contributed by atoms with Crippen LogP contribution in [0, 0.1) is 5.92 Å². The SMILES string of the molecule is C=C(Br)/C(OCC(F)(F)F)=C(\CC)N=C(N=CC)C1CCN(C)CC1. The summed E-state index contributed by atoms with van der Waals surface area (Å²) in [5.41, 5.74) is 0.408. The third-order valence-corrected chi connectivity index (χ3v) is 4.18. The maximum absolute atomic E-state index is 12.5. The molecule has 4 nitrogen and oxygen atoms in total. The maximum Gasteiger partial charge on any atom is 0.422 e. The Bertz CT molecular complexity index is 548. The van der Waals surface area contributed by atoms with Crippen molar-refractivity contribution in [3.8, 4) is 0 Å². The Kier molecular flexibility index (Phi) is 8.85. The number of hydrogen-bond donors (Lipinski definition) is 0. The molecule has 0 aromatic rings. The molecule has 1 fully saturated rings. The molecule has 1 aliphatic rings. The number of rotatable bonds is 6. The van der Waals surface area contributed by atoms with Crippen molar-refractivity contribution in [2.75, 3.05) is 26.7 Å². The summed E-state index contributed by atoms with van der Waals surface area (Å²) in [5, 5.41) is 0. The summed E-state index contributed by atoms with van der Waals surface area (Å²) in [4.78, 5) is 11.1. The number of amidine groups is 1. The average molecular weight is 424 g/mol. The zero-order valence-electron chi connectivity index (χ0n) is 14.9. The zero-order chi connectivity index (χ0) is 19.0. The summed E-state index contributed by atoms with van der Waals surface area (Å²) in [5.74, 6) is 0.840. The number of likely N-dealkylation sites (tertiary alicyclic amines) is 1. The minimum absolute atomic E-state index is 0.0246. The molecule has 1 aliphatic heterocycles. The van der Waals surface area contributed by atoms with Gasteiger partial charge in [-0.05, 0) is 62.3 Å². The molecule has 0 spiro atoms. The van der Waals surface area contributed by atoms with Gasteiger partial charge in [-0.1, -0.05) is 13.5 Å². The van der Waals surface area contributed by atoms with Gasteiger partial charge in [-0.15, -0.1) is 0 Å². The lowest BCUT2D eigenvalue weighted by atomic mass is 9.96. The van der Waals surface area contributed by atoms with Gasteiger partial charge in [-0.3, -0.25) is 0 Å². The summed E-state index contributed by atoms with van der Waals surface area (Å²) in [6.45, 7) is 7.76. The fourth-order valence-electron chi connectivity index (χ4n) is 2.53. The number of nitrogens with zero attached hydrogens (tertiary/aromatic N) is 3. The highest BCUT2D eigenvalue weighted by Crippen LogP contribution is 2.28. The Labute approximate surface area is 155 Å². The second-order valence-electron chi connectivity index (χ2n) is 5.87. The standard InChI is InChI=1S/C17H25BrF3N3O/c1-5-14(15(12(3)18)25-11-17(19,20)21)23-16(22-6-2)13-7-9-24(4)10-8-13/h6,13H,3,5,7-11H2,1-2,4H3/b15-14-,22-6?,23-16?. The van der Waals surface area contributed by atoms with Crippen LogP contribution in [0.5, 0.6) is 0 Å². The van der Waals surface area contributed by atoms with E-state index in [1.54, 1.807) is 13.1 Å². The van der Waals surface area contributed by atoms with Gasteiger partial charge in [-0.2, -0.15) is 13.2 Å². The Balaban J connectivity index is 3.15. The van der Waals surface area contributed by atoms with Gasteiger partial charge in [0.1, 0.15) is 5.84 Å². The molecule has 0 atom stereocenters. The first kappa shape index (κ1) is 21.9. The normalized spacial score (nSPS) is 19.2. The Hall–Kier alpha value is -1.15. The van der Waals surface area contributed by atoms with Gasteiger partial charge in [0.25, 0.3) is 0 Å². The van der Waals surface area contributed by atoms with Crippen LogP contribution in [0.4, 0.5) is 13.2 Å². The van der Waals surface area contributed by atoms with Crippen LogP contribution in [0.25, 0.3) is 0 Å². The lowest BCUT2D eigenvalue weighted by Gasteiger charge is -2.28. The Morgan fingerprint density at radius 2 is 1.96 bits per heavy atom. The second-order valence-corrected chi connectivity index (χ2v) is 6.83. The van der Waals surface area contributed by atoms with Gasteiger partial charge in [0.15, 0.2) is 12.4 Å². The van der Waals surface area contributed by atoms with Crippen molar-refractivity contribution in [3.05, 3.63) is 22.5 Å². The monoisotopic (exact) mass is 423 g/mol.